The van der Waals surface area contributed by atoms with Crippen LogP contribution in [0.4, 0.5) is 0 Å². The molecule has 6 aliphatic rings. The van der Waals surface area contributed by atoms with Crippen molar-refractivity contribution in [3.05, 3.63) is 0 Å². The molecule has 10 atom stereocenters. The number of carbonyl (C=O) groups excluding carboxylic acids is 4. The molecule has 2 aliphatic heterocycles. The molecule has 10 unspecified atom stereocenters. The lowest BCUT2D eigenvalue weighted by molar-refractivity contribution is -0.156. The third-order valence-corrected chi connectivity index (χ3v) is 54.3. The monoisotopic (exact) mass is 1050 g/mol. The fraction of sp³-hybridized carbons (Fsp3) is 0.895. The zero-order valence-electron chi connectivity index (χ0n) is 41.7. The van der Waals surface area contributed by atoms with Crippen molar-refractivity contribution >= 4 is 109 Å². The number of cyclic esters (lactones) is 4. The summed E-state index contributed by atoms with van der Waals surface area (Å²) in [6, 6.07) is 0. The Hall–Kier alpha value is 0.0888. The maximum absolute atomic E-state index is 12.6. The molecular formula is C38H78O15Si10. The van der Waals surface area contributed by atoms with Crippen molar-refractivity contribution in [2.24, 2.45) is 47.3 Å². The van der Waals surface area contributed by atoms with Crippen molar-refractivity contribution in [1.82, 2.24) is 0 Å². The standard InChI is InChI=1S/C38H78O15Si10/c1-54(2,29-23-25-21-27(29)33-31(25)35(39)43-37(33)41)45-56(5,6)47-58(9,10)49-60(13,14)51-62(17,18)53-63(19,20)52-61(15,16)50-59(11,12)48-57(7,8)46-55(3,4)30-24-26-22-28(30)34-32(26)36(40)44-38(34)42/h25-34H,21-24H2,1-20H3. The Morgan fingerprint density at radius 2 is 0.524 bits per heavy atom. The lowest BCUT2D eigenvalue weighted by atomic mass is 9.81. The van der Waals surface area contributed by atoms with Gasteiger partial charge in [-0.1, -0.05) is 0 Å². The number of hydrogen-bond donors (Lipinski definition) is 0. The third kappa shape index (κ3) is 11.8. The van der Waals surface area contributed by atoms with Crippen LogP contribution in [0.15, 0.2) is 0 Å². The van der Waals surface area contributed by atoms with Crippen LogP contribution in [0, 0.1) is 47.3 Å². The van der Waals surface area contributed by atoms with Crippen LogP contribution in [0.3, 0.4) is 0 Å². The van der Waals surface area contributed by atoms with Crippen LogP contribution < -0.4 is 0 Å². The summed E-state index contributed by atoms with van der Waals surface area (Å²) in [5.74, 6) is -1.92. The van der Waals surface area contributed by atoms with Gasteiger partial charge in [0, 0.05) is 0 Å². The topological polar surface area (TPSA) is 170 Å². The van der Waals surface area contributed by atoms with E-state index in [2.05, 4.69) is 78.6 Å². The first kappa shape index (κ1) is 52.5. The number of ether oxygens (including phenoxy) is 2. The van der Waals surface area contributed by atoms with E-state index in [1.165, 1.54) is 0 Å². The average Bonchev–Trinajstić information content (AvgIpc) is 3.82. The summed E-state index contributed by atoms with van der Waals surface area (Å²) >= 11 is 0. The van der Waals surface area contributed by atoms with E-state index in [4.69, 9.17) is 46.5 Å². The zero-order chi connectivity index (χ0) is 47.7. The maximum atomic E-state index is 12.6. The second-order valence-corrected chi connectivity index (χ2v) is 61.6. The third-order valence-electron chi connectivity index (χ3n) is 13.7. The zero-order valence-corrected chi connectivity index (χ0v) is 51.7. The summed E-state index contributed by atoms with van der Waals surface area (Å²) in [6.07, 6.45) is 3.58. The predicted octanol–water partition coefficient (Wildman–Crippen LogP) is 8.61. The highest BCUT2D eigenvalue weighted by Crippen LogP contribution is 2.64. The first-order chi connectivity index (χ1) is 28.1. The first-order valence-corrected chi connectivity index (χ1v) is 51.5. The fourth-order valence-corrected chi connectivity index (χ4v) is 67.2. The van der Waals surface area contributed by atoms with Gasteiger partial charge in [-0.05, 0) is 191 Å². The highest BCUT2D eigenvalue weighted by molar-refractivity contribution is 6.93. The first-order valence-electron chi connectivity index (χ1n) is 23.0. The minimum atomic E-state index is -2.82. The van der Waals surface area contributed by atoms with Gasteiger partial charge < -0.3 is 46.5 Å². The summed E-state index contributed by atoms with van der Waals surface area (Å²) in [6.45, 7) is 41.8. The lowest BCUT2D eigenvalue weighted by Crippen LogP contribution is -2.62. The molecule has 4 saturated carbocycles. The van der Waals surface area contributed by atoms with Gasteiger partial charge in [0.05, 0.1) is 23.7 Å². The van der Waals surface area contributed by atoms with Crippen molar-refractivity contribution in [2.75, 3.05) is 0 Å². The molecular weight excluding hydrogens is 977 g/mol. The van der Waals surface area contributed by atoms with Crippen LogP contribution in [-0.4, -0.2) is 109 Å². The van der Waals surface area contributed by atoms with Gasteiger partial charge >= 0.3 is 92.4 Å². The fourth-order valence-electron chi connectivity index (χ4n) is 13.8. The van der Waals surface area contributed by atoms with Gasteiger partial charge in [0.15, 0.2) is 16.6 Å². The largest absolute Gasteiger partial charge is 0.436 e. The summed E-state index contributed by atoms with van der Waals surface area (Å²) < 4.78 is 72.4. The van der Waals surface area contributed by atoms with Crippen LogP contribution in [0.2, 0.25) is 142 Å². The average molecular weight is 1060 g/mol. The van der Waals surface area contributed by atoms with Crippen LogP contribution in [0.25, 0.3) is 0 Å². The van der Waals surface area contributed by atoms with E-state index >= 15 is 0 Å². The molecule has 15 nitrogen and oxygen atoms in total. The molecule has 0 amide bonds. The Labute approximate surface area is 387 Å². The number of rotatable bonds is 20. The van der Waals surface area contributed by atoms with E-state index in [9.17, 15) is 19.2 Å². The molecule has 360 valence electrons. The van der Waals surface area contributed by atoms with Crippen molar-refractivity contribution < 1.29 is 65.7 Å². The maximum Gasteiger partial charge on any atom is 0.317 e. The molecule has 25 heteroatoms. The van der Waals surface area contributed by atoms with E-state index < -0.39 is 85.1 Å². The second kappa shape index (κ2) is 16.9. The molecule has 4 aliphatic carbocycles. The van der Waals surface area contributed by atoms with E-state index in [0.29, 0.717) is 0 Å². The van der Waals surface area contributed by atoms with Gasteiger partial charge in [-0.2, -0.15) is 0 Å². The van der Waals surface area contributed by atoms with E-state index in [-0.39, 0.29) is 82.3 Å². The number of esters is 4. The quantitative estimate of drug-likeness (QED) is 0.0645. The number of carbonyl (C=O) groups is 4. The Morgan fingerprint density at radius 3 is 0.762 bits per heavy atom. The molecule has 2 saturated heterocycles. The lowest BCUT2D eigenvalue weighted by Gasteiger charge is -2.46. The van der Waals surface area contributed by atoms with Gasteiger partial charge in [0.25, 0.3) is 0 Å². The van der Waals surface area contributed by atoms with Crippen molar-refractivity contribution in [2.45, 2.75) is 168 Å². The second-order valence-electron chi connectivity index (χ2n) is 23.9. The summed E-state index contributed by atoms with van der Waals surface area (Å²) in [7, 11) is -27.0. The highest BCUT2D eigenvalue weighted by atomic mass is 28.5. The van der Waals surface area contributed by atoms with Gasteiger partial charge in [-0.25, -0.2) is 0 Å². The summed E-state index contributed by atoms with van der Waals surface area (Å²) in [5.41, 5.74) is 0.519. The minimum absolute atomic E-state index is 0.129. The van der Waals surface area contributed by atoms with E-state index in [0.717, 1.165) is 25.7 Å². The molecule has 4 bridgehead atoms. The Bertz CT molecular complexity index is 1710. The van der Waals surface area contributed by atoms with Gasteiger partial charge in [-0.3, -0.25) is 19.2 Å². The van der Waals surface area contributed by atoms with Crippen LogP contribution >= 0.6 is 0 Å². The van der Waals surface area contributed by atoms with Gasteiger partial charge in [0.1, 0.15) is 0 Å². The predicted molar refractivity (Wildman–Crippen MR) is 261 cm³/mol. The molecule has 2 heterocycles. The smallest absolute Gasteiger partial charge is 0.317 e. The normalized spacial score (nSPS) is 31.9. The molecule has 0 aromatic rings. The van der Waals surface area contributed by atoms with Crippen molar-refractivity contribution in [1.29, 1.82) is 0 Å². The summed E-state index contributed by atoms with van der Waals surface area (Å²) in [4.78, 5) is 50.1. The Kier molecular flexibility index (Phi) is 14.1. The van der Waals surface area contributed by atoms with Crippen LogP contribution in [0.1, 0.15) is 25.7 Å². The molecule has 6 rings (SSSR count). The van der Waals surface area contributed by atoms with E-state index in [1.807, 2.05) is 52.4 Å². The Morgan fingerprint density at radius 1 is 0.317 bits per heavy atom. The molecule has 0 aromatic heterocycles. The van der Waals surface area contributed by atoms with E-state index in [1.54, 1.807) is 0 Å². The van der Waals surface area contributed by atoms with Crippen LogP contribution in [-0.2, 0) is 65.7 Å². The van der Waals surface area contributed by atoms with Crippen molar-refractivity contribution in [3.8, 4) is 0 Å². The van der Waals surface area contributed by atoms with Crippen LogP contribution in [0.5, 0.6) is 0 Å². The molecule has 0 aromatic carbocycles. The highest BCUT2D eigenvalue weighted by Gasteiger charge is 2.68. The molecule has 63 heavy (non-hydrogen) atoms. The summed E-state index contributed by atoms with van der Waals surface area (Å²) in [5, 5.41) is 0. The SMILES string of the molecule is C[Si](C)(O[Si](C)(C)O[Si](C)(C)O[Si](C)(C)O[Si](C)(C)O[Si](C)(C)C1CC2CC1C1C(=O)OC(=O)C21)O[Si](C)(C)O[Si](C)(C)O[Si](C)(C)O[Si](C)(C)C1CC2CC1C1C(=O)OC(=O)C21. The number of hydrogen-bond acceptors (Lipinski definition) is 15. The molecule has 0 N–H and O–H groups in total. The molecule has 6 fully saturated rings. The minimum Gasteiger partial charge on any atom is -0.436 e. The van der Waals surface area contributed by atoms with Gasteiger partial charge in [0.2, 0.25) is 0 Å². The van der Waals surface area contributed by atoms with Crippen molar-refractivity contribution in [3.63, 3.8) is 0 Å². The van der Waals surface area contributed by atoms with Gasteiger partial charge in [-0.15, -0.1) is 0 Å². The Balaban J connectivity index is 0.995. The molecule has 0 spiro atoms. The molecule has 0 radical (unpaired) electrons. The number of fused-ring (bicyclic) bond motifs is 10.